The molecule has 0 bridgehead atoms. The zero-order valence-electron chi connectivity index (χ0n) is 52.6. The number of nitriles is 2. The Morgan fingerprint density at radius 3 is 1.55 bits per heavy atom. The highest BCUT2D eigenvalue weighted by Crippen LogP contribution is 2.50. The summed E-state index contributed by atoms with van der Waals surface area (Å²) in [6, 6.07) is 23.1. The van der Waals surface area contributed by atoms with Gasteiger partial charge in [-0.1, -0.05) is 89.8 Å². The molecule has 96 heavy (non-hydrogen) atoms. The molecular formula is C61H73F5N12O16P2. The molecule has 5 heterocycles. The van der Waals surface area contributed by atoms with E-state index in [0.717, 1.165) is 25.7 Å². The number of anilines is 2. The van der Waals surface area contributed by atoms with E-state index in [-0.39, 0.29) is 66.9 Å². The van der Waals surface area contributed by atoms with Crippen molar-refractivity contribution in [2.45, 2.75) is 127 Å². The van der Waals surface area contributed by atoms with Crippen molar-refractivity contribution in [3.63, 3.8) is 0 Å². The van der Waals surface area contributed by atoms with Crippen LogP contribution in [0.25, 0.3) is 11.0 Å². The predicted molar refractivity (Wildman–Crippen MR) is 331 cm³/mol. The zero-order valence-corrected chi connectivity index (χ0v) is 54.4. The highest BCUT2D eigenvalue weighted by Gasteiger charge is 2.59. The Morgan fingerprint density at radius 1 is 0.656 bits per heavy atom. The van der Waals surface area contributed by atoms with Gasteiger partial charge in [-0.2, -0.15) is 39.7 Å². The first kappa shape index (κ1) is 75.0. The van der Waals surface area contributed by atoms with Gasteiger partial charge in [0.15, 0.2) is 11.6 Å². The molecule has 9 rings (SSSR count). The molecule has 2 fully saturated rings. The van der Waals surface area contributed by atoms with Gasteiger partial charge in [0, 0.05) is 12.5 Å². The lowest BCUT2D eigenvalue weighted by molar-refractivity contribution is -0.147. The molecule has 518 valence electrons. The van der Waals surface area contributed by atoms with Gasteiger partial charge in [0.25, 0.3) is 0 Å². The first-order valence-electron chi connectivity index (χ1n) is 30.1. The molecule has 0 spiro atoms. The Kier molecular flexibility index (Phi) is 25.4. The number of hydrogen-bond donors (Lipinski definition) is 9. The lowest BCUT2D eigenvalue weighted by Crippen LogP contribution is -2.41. The molecule has 0 radical (unpaired) electrons. The van der Waals surface area contributed by atoms with Crippen molar-refractivity contribution in [1.29, 1.82) is 10.5 Å². The van der Waals surface area contributed by atoms with Crippen molar-refractivity contribution in [3.8, 4) is 29.4 Å². The van der Waals surface area contributed by atoms with E-state index in [1.165, 1.54) is 65.9 Å². The van der Waals surface area contributed by atoms with Gasteiger partial charge in [0.2, 0.25) is 40.4 Å². The Hall–Kier alpha value is -8.43. The van der Waals surface area contributed by atoms with Gasteiger partial charge in [-0.25, -0.2) is 41.3 Å². The lowest BCUT2D eigenvalue weighted by atomic mass is 9.81. The summed E-state index contributed by atoms with van der Waals surface area (Å²) in [4.78, 5) is 32.8. The second-order valence-electron chi connectivity index (χ2n) is 22.3. The number of aliphatic hydroxyl groups excluding tert-OH is 5. The number of fused-ring (bicyclic) bond motifs is 2. The lowest BCUT2D eigenvalue weighted by Gasteiger charge is -2.25. The molecule has 35 heteroatoms. The second kappa shape index (κ2) is 32.5. The standard InChI is InChI=1S/C27H35N6O8P.C21H23F5NO5P.C13H15N5O3/c1-4-18(5-2)13-38-26(36)17(3)32-42(37,41-19-9-7-6-8-10-19)39-14-21-23(34)24(35)27(15-28,40-21)22-12-11-20-25(29)30-16-31-33(20)22;1-4-13(5-2)11-30-21(28)12(3)27-33(29,31-14-9-7-6-8-10-14)32-20-18(25)16(23)15(22)17(24)19(20)26;14-5-13(3-7(4-19)10(20)11(13)21)9-2-1-8-12(15)16-6-17-18(8)9/h6-12,16-18,21,23-24,34-35H,4-5,13-14H2,1-3H3,(H,32,37)(H2,29,30,31);6-10,12-13H,4-5,11H2,1-3H3,(H,27,29);1-2,6-7,10-11,19-21H,3-4H2,(H2,15,16,17)/t17-,21+,23+,24+,27-,42-;12-,33-;7-,10-,11-,13-/m001/s1. The van der Waals surface area contributed by atoms with Crippen LogP contribution in [0.4, 0.5) is 33.6 Å². The van der Waals surface area contributed by atoms with Crippen LogP contribution in [0.15, 0.2) is 97.6 Å². The molecular weight excluding hydrogens is 1310 g/mol. The van der Waals surface area contributed by atoms with Gasteiger partial charge in [0.1, 0.15) is 83.2 Å². The molecule has 1 saturated heterocycles. The normalized spacial score (nSPS) is 22.5. The van der Waals surface area contributed by atoms with E-state index in [1.54, 1.807) is 54.6 Å². The maximum absolute atomic E-state index is 14.1. The third kappa shape index (κ3) is 16.5. The fourth-order valence-electron chi connectivity index (χ4n) is 10.3. The van der Waals surface area contributed by atoms with Gasteiger partial charge in [-0.15, -0.1) is 0 Å². The van der Waals surface area contributed by atoms with Crippen LogP contribution in [0.2, 0.25) is 0 Å². The molecule has 1 aliphatic heterocycles. The number of aromatic nitrogens is 6. The largest absolute Gasteiger partial charge is 0.513 e. The molecule has 0 unspecified atom stereocenters. The van der Waals surface area contributed by atoms with Crippen LogP contribution in [0.5, 0.6) is 17.2 Å². The fraction of sp³-hybridized carbons (Fsp3) is 0.443. The van der Waals surface area contributed by atoms with E-state index in [9.17, 15) is 76.7 Å². The van der Waals surface area contributed by atoms with E-state index in [0.29, 0.717) is 16.7 Å². The number of nitrogens with zero attached hydrogens (tertiary/aromatic N) is 8. The summed E-state index contributed by atoms with van der Waals surface area (Å²) in [5, 5.41) is 84.2. The van der Waals surface area contributed by atoms with Gasteiger partial charge >= 0.3 is 27.4 Å². The number of ether oxygens (including phenoxy) is 3. The number of aliphatic hydroxyl groups is 5. The summed E-state index contributed by atoms with van der Waals surface area (Å²) in [6.45, 7) is 9.86. The SMILES string of the molecule is CCC(CC)COC(=O)[C@H](C)N[P@](=O)(OC[C@H]1O[C@@](C#N)(c2ccc3c(N)ncnn23)[C@H](O)[C@@H]1O)Oc1ccccc1.CCC(CC)COC(=O)[C@H](C)N[P@](=O)(Oc1ccccc1)Oc1c(F)c(F)c(F)c(F)c1F.N#C[C@@]1(c2ccc3c(N)ncnn23)C[C@H](CO)[C@@H](O)[C@H]1O. The second-order valence-corrected chi connectivity index (χ2v) is 25.7. The number of nitrogens with one attached hydrogen (secondary N) is 2. The summed E-state index contributed by atoms with van der Waals surface area (Å²) in [5.74, 6) is -14.9. The minimum absolute atomic E-state index is 0.0696. The molecule has 4 aromatic heterocycles. The molecule has 1 aliphatic carbocycles. The first-order chi connectivity index (χ1) is 45.6. The quantitative estimate of drug-likeness (QED) is 0.00864. The van der Waals surface area contributed by atoms with Gasteiger partial charge in [-0.3, -0.25) is 14.1 Å². The average Bonchev–Trinajstić information content (AvgIpc) is 1.58. The third-order valence-corrected chi connectivity index (χ3v) is 19.3. The number of carbonyl (C=O) groups is 2. The predicted octanol–water partition coefficient (Wildman–Crippen LogP) is 7.02. The minimum Gasteiger partial charge on any atom is -0.464 e. The van der Waals surface area contributed by atoms with Gasteiger partial charge < -0.3 is 64.8 Å². The van der Waals surface area contributed by atoms with Crippen molar-refractivity contribution < 1.29 is 98.5 Å². The Bertz CT molecular complexity index is 3970. The number of benzene rings is 3. The van der Waals surface area contributed by atoms with Crippen molar-refractivity contribution >= 4 is 50.1 Å². The molecule has 2 aliphatic rings. The average molecular weight is 1390 g/mol. The number of para-hydroxylation sites is 2. The Balaban J connectivity index is 0.000000214. The number of carbonyl (C=O) groups excluding carboxylic acids is 2. The van der Waals surface area contributed by atoms with Crippen LogP contribution in [-0.4, -0.2) is 136 Å². The smallest absolute Gasteiger partial charge is 0.464 e. The van der Waals surface area contributed by atoms with E-state index in [2.05, 4.69) is 36.4 Å². The van der Waals surface area contributed by atoms with Gasteiger partial charge in [0.05, 0.1) is 43.4 Å². The first-order valence-corrected chi connectivity index (χ1v) is 33.2. The highest BCUT2D eigenvalue weighted by molar-refractivity contribution is 7.52. The number of nitrogen functional groups attached to an aromatic ring is 2. The molecule has 12 atom stereocenters. The minimum atomic E-state index is -4.93. The van der Waals surface area contributed by atoms with Crippen LogP contribution in [0.1, 0.15) is 85.0 Å². The molecule has 11 N–H and O–H groups in total. The monoisotopic (exact) mass is 1390 g/mol. The molecule has 28 nitrogen and oxygen atoms in total. The van der Waals surface area contributed by atoms with Crippen molar-refractivity contribution in [3.05, 3.63) is 138 Å². The van der Waals surface area contributed by atoms with Crippen LogP contribution < -0.4 is 35.2 Å². The van der Waals surface area contributed by atoms with E-state index < -0.39 is 128 Å². The number of halogens is 5. The maximum Gasteiger partial charge on any atom is 0.513 e. The number of nitrogens with two attached hydrogens (primary N) is 2. The van der Waals surface area contributed by atoms with Crippen molar-refractivity contribution in [2.24, 2.45) is 17.8 Å². The van der Waals surface area contributed by atoms with Crippen LogP contribution in [0.3, 0.4) is 0 Å². The molecule has 7 aromatic rings. The van der Waals surface area contributed by atoms with E-state index in [4.69, 9.17) is 43.8 Å². The molecule has 3 aromatic carbocycles. The molecule has 1 saturated carbocycles. The van der Waals surface area contributed by atoms with Crippen LogP contribution in [-0.2, 0) is 48.5 Å². The van der Waals surface area contributed by atoms with Gasteiger partial charge in [-0.05, 0) is 80.6 Å². The third-order valence-electron chi connectivity index (χ3n) is 16.1. The van der Waals surface area contributed by atoms with E-state index in [1.807, 2.05) is 33.8 Å². The molecule has 0 amide bonds. The van der Waals surface area contributed by atoms with E-state index >= 15 is 0 Å². The summed E-state index contributed by atoms with van der Waals surface area (Å²) in [6.07, 6.45) is -1.47. The summed E-state index contributed by atoms with van der Waals surface area (Å²) < 4.78 is 136. The summed E-state index contributed by atoms with van der Waals surface area (Å²) in [5.41, 5.74) is 9.64. The maximum atomic E-state index is 14.1. The number of hydrogen-bond acceptors (Lipinski definition) is 24. The van der Waals surface area contributed by atoms with Crippen molar-refractivity contribution in [1.82, 2.24) is 39.4 Å². The zero-order chi connectivity index (χ0) is 70.5. The summed E-state index contributed by atoms with van der Waals surface area (Å²) in [7, 11) is -9.25. The Labute approximate surface area is 547 Å². The highest BCUT2D eigenvalue weighted by atomic mass is 31.2. The topological polar surface area (TPSA) is 418 Å². The van der Waals surface area contributed by atoms with Crippen LogP contribution >= 0.6 is 15.5 Å². The van der Waals surface area contributed by atoms with Crippen molar-refractivity contribution in [2.75, 3.05) is 37.9 Å². The van der Waals surface area contributed by atoms with Crippen LogP contribution in [0, 0.1) is 69.5 Å². The summed E-state index contributed by atoms with van der Waals surface area (Å²) >= 11 is 0. The Morgan fingerprint density at radius 2 is 1.10 bits per heavy atom. The number of rotatable bonds is 26. The fourth-order valence-corrected chi connectivity index (χ4v) is 13.3. The number of esters is 2.